The minimum absolute atomic E-state index is 0.0777. The SMILES string of the molecule is O=C(NC[C@H](O)c1ccccc1Cl)[C@@H]1CSCN1. The smallest absolute Gasteiger partial charge is 0.238 e. The molecule has 0 aromatic heterocycles. The predicted molar refractivity (Wildman–Crippen MR) is 73.7 cm³/mol. The second kappa shape index (κ2) is 6.43. The van der Waals surface area contributed by atoms with Crippen LogP contribution in [0.25, 0.3) is 0 Å². The molecular weight excluding hydrogens is 272 g/mol. The lowest BCUT2D eigenvalue weighted by molar-refractivity contribution is -0.122. The number of aliphatic hydroxyl groups is 1. The molecular formula is C12H15ClN2O2S. The Labute approximate surface area is 115 Å². The number of hydrogen-bond acceptors (Lipinski definition) is 4. The largest absolute Gasteiger partial charge is 0.387 e. The number of halogens is 1. The number of amides is 1. The molecule has 4 nitrogen and oxygen atoms in total. The Morgan fingerprint density at radius 1 is 1.61 bits per heavy atom. The van der Waals surface area contributed by atoms with Gasteiger partial charge in [0.1, 0.15) is 0 Å². The number of thioether (sulfide) groups is 1. The van der Waals surface area contributed by atoms with Gasteiger partial charge in [-0.3, -0.25) is 10.1 Å². The summed E-state index contributed by atoms with van der Waals surface area (Å²) < 4.78 is 0. The van der Waals surface area contributed by atoms with Crippen molar-refractivity contribution in [3.05, 3.63) is 34.9 Å². The quantitative estimate of drug-likeness (QED) is 0.777. The molecule has 0 unspecified atom stereocenters. The molecule has 0 radical (unpaired) electrons. The van der Waals surface area contributed by atoms with Crippen LogP contribution in [-0.2, 0) is 4.79 Å². The van der Waals surface area contributed by atoms with Crippen LogP contribution in [0.4, 0.5) is 0 Å². The van der Waals surface area contributed by atoms with Crippen molar-refractivity contribution in [3.63, 3.8) is 0 Å². The zero-order chi connectivity index (χ0) is 13.0. The fourth-order valence-corrected chi connectivity index (χ4v) is 2.94. The first-order valence-electron chi connectivity index (χ1n) is 5.70. The second-order valence-electron chi connectivity index (χ2n) is 4.05. The van der Waals surface area contributed by atoms with Gasteiger partial charge < -0.3 is 10.4 Å². The molecule has 1 heterocycles. The van der Waals surface area contributed by atoms with Crippen molar-refractivity contribution in [3.8, 4) is 0 Å². The summed E-state index contributed by atoms with van der Waals surface area (Å²) >= 11 is 7.66. The minimum atomic E-state index is -0.781. The van der Waals surface area contributed by atoms with E-state index >= 15 is 0 Å². The number of carbonyl (C=O) groups is 1. The molecule has 1 saturated heterocycles. The molecule has 18 heavy (non-hydrogen) atoms. The molecule has 1 aromatic carbocycles. The van der Waals surface area contributed by atoms with E-state index in [0.29, 0.717) is 10.6 Å². The van der Waals surface area contributed by atoms with Crippen molar-refractivity contribution < 1.29 is 9.90 Å². The fraction of sp³-hybridized carbons (Fsp3) is 0.417. The Balaban J connectivity index is 1.86. The molecule has 1 fully saturated rings. The monoisotopic (exact) mass is 286 g/mol. The highest BCUT2D eigenvalue weighted by Gasteiger charge is 2.23. The summed E-state index contributed by atoms with van der Waals surface area (Å²) in [5, 5.41) is 16.3. The highest BCUT2D eigenvalue weighted by molar-refractivity contribution is 7.99. The molecule has 0 saturated carbocycles. The van der Waals surface area contributed by atoms with Crippen molar-refractivity contribution in [1.29, 1.82) is 0 Å². The summed E-state index contributed by atoms with van der Waals surface area (Å²) in [6.45, 7) is 0.172. The predicted octanol–water partition coefficient (Wildman–Crippen LogP) is 1.15. The third-order valence-corrected chi connectivity index (χ3v) is 4.05. The summed E-state index contributed by atoms with van der Waals surface area (Å²) in [4.78, 5) is 11.7. The van der Waals surface area contributed by atoms with Gasteiger partial charge in [0.2, 0.25) is 5.91 Å². The van der Waals surface area contributed by atoms with Gasteiger partial charge in [0.05, 0.1) is 12.1 Å². The number of rotatable bonds is 4. The van der Waals surface area contributed by atoms with Crippen molar-refractivity contribution in [1.82, 2.24) is 10.6 Å². The fourth-order valence-electron chi connectivity index (χ4n) is 1.74. The summed E-state index contributed by atoms with van der Waals surface area (Å²) in [5.41, 5.74) is 0.633. The molecule has 6 heteroatoms. The molecule has 3 N–H and O–H groups in total. The maximum Gasteiger partial charge on any atom is 0.238 e. The van der Waals surface area contributed by atoms with Crippen LogP contribution in [0.1, 0.15) is 11.7 Å². The van der Waals surface area contributed by atoms with Crippen molar-refractivity contribution >= 4 is 29.3 Å². The number of carbonyl (C=O) groups excluding carboxylic acids is 1. The first kappa shape index (κ1) is 13.7. The Morgan fingerprint density at radius 2 is 2.39 bits per heavy atom. The lowest BCUT2D eigenvalue weighted by Crippen LogP contribution is -2.43. The van der Waals surface area contributed by atoms with Crippen LogP contribution < -0.4 is 10.6 Å². The summed E-state index contributed by atoms with van der Waals surface area (Å²) in [5.74, 6) is 1.49. The van der Waals surface area contributed by atoms with Crippen molar-refractivity contribution in [2.45, 2.75) is 12.1 Å². The van der Waals surface area contributed by atoms with Gasteiger partial charge >= 0.3 is 0 Å². The number of hydrogen-bond donors (Lipinski definition) is 3. The molecule has 1 aliphatic heterocycles. The molecule has 1 aliphatic rings. The van der Waals surface area contributed by atoms with Gasteiger partial charge in [-0.1, -0.05) is 29.8 Å². The van der Waals surface area contributed by atoms with Gasteiger partial charge in [0.25, 0.3) is 0 Å². The molecule has 1 amide bonds. The van der Waals surface area contributed by atoms with Crippen LogP contribution in [0.5, 0.6) is 0 Å². The van der Waals surface area contributed by atoms with Gasteiger partial charge in [0, 0.05) is 28.8 Å². The summed E-state index contributed by atoms with van der Waals surface area (Å²) in [6, 6.07) is 6.92. The van der Waals surface area contributed by atoms with Crippen LogP contribution in [-0.4, -0.2) is 35.2 Å². The average Bonchev–Trinajstić information content (AvgIpc) is 2.90. The molecule has 1 aromatic rings. The summed E-state index contributed by atoms with van der Waals surface area (Å²) in [7, 11) is 0. The second-order valence-corrected chi connectivity index (χ2v) is 5.49. The van der Waals surface area contributed by atoms with Crippen LogP contribution >= 0.6 is 23.4 Å². The molecule has 2 atom stereocenters. The average molecular weight is 287 g/mol. The van der Waals surface area contributed by atoms with Gasteiger partial charge in [-0.2, -0.15) is 0 Å². The standard InChI is InChI=1S/C12H15ClN2O2S/c13-9-4-2-1-3-8(9)11(16)5-14-12(17)10-6-18-7-15-10/h1-4,10-11,15-16H,5-7H2,(H,14,17)/t10-,11-/m0/s1. The van der Waals surface area contributed by atoms with E-state index in [1.54, 1.807) is 36.0 Å². The first-order valence-corrected chi connectivity index (χ1v) is 7.23. The third kappa shape index (κ3) is 3.38. The maximum absolute atomic E-state index is 11.7. The van der Waals surface area contributed by atoms with Gasteiger partial charge in [-0.05, 0) is 6.07 Å². The topological polar surface area (TPSA) is 61.4 Å². The third-order valence-electron chi connectivity index (χ3n) is 2.77. The van der Waals surface area contributed by atoms with E-state index in [2.05, 4.69) is 10.6 Å². The Bertz CT molecular complexity index is 424. The molecule has 98 valence electrons. The van der Waals surface area contributed by atoms with E-state index in [4.69, 9.17) is 11.6 Å². The van der Waals surface area contributed by atoms with Crippen LogP contribution in [0, 0.1) is 0 Å². The first-order chi connectivity index (χ1) is 8.68. The minimum Gasteiger partial charge on any atom is -0.387 e. The van der Waals surface area contributed by atoms with E-state index in [0.717, 1.165) is 11.6 Å². The summed E-state index contributed by atoms with van der Waals surface area (Å²) in [6.07, 6.45) is -0.781. The lowest BCUT2D eigenvalue weighted by Gasteiger charge is -2.15. The Hall–Kier alpha value is -0.750. The lowest BCUT2D eigenvalue weighted by atomic mass is 10.1. The molecule has 2 rings (SSSR count). The molecule has 0 aliphatic carbocycles. The number of nitrogens with one attached hydrogen (secondary N) is 2. The number of benzene rings is 1. The van der Waals surface area contributed by atoms with Gasteiger partial charge in [-0.25, -0.2) is 0 Å². The van der Waals surface area contributed by atoms with Gasteiger partial charge in [0.15, 0.2) is 0 Å². The van der Waals surface area contributed by atoms with Crippen LogP contribution in [0.15, 0.2) is 24.3 Å². The van der Waals surface area contributed by atoms with Crippen LogP contribution in [0.2, 0.25) is 5.02 Å². The Kier molecular flexibility index (Phi) is 4.88. The van der Waals surface area contributed by atoms with Gasteiger partial charge in [-0.15, -0.1) is 11.8 Å². The van der Waals surface area contributed by atoms with E-state index in [1.165, 1.54) is 0 Å². The van der Waals surface area contributed by atoms with E-state index < -0.39 is 6.10 Å². The van der Waals surface area contributed by atoms with E-state index in [9.17, 15) is 9.90 Å². The molecule has 0 spiro atoms. The Morgan fingerprint density at radius 3 is 3.06 bits per heavy atom. The van der Waals surface area contributed by atoms with Crippen molar-refractivity contribution in [2.24, 2.45) is 0 Å². The normalized spacial score (nSPS) is 20.7. The zero-order valence-electron chi connectivity index (χ0n) is 9.73. The highest BCUT2D eigenvalue weighted by atomic mass is 35.5. The molecule has 0 bridgehead atoms. The van der Waals surface area contributed by atoms with Crippen molar-refractivity contribution in [2.75, 3.05) is 18.2 Å². The maximum atomic E-state index is 11.7. The van der Waals surface area contributed by atoms with Crippen LogP contribution in [0.3, 0.4) is 0 Å². The number of aliphatic hydroxyl groups excluding tert-OH is 1. The zero-order valence-corrected chi connectivity index (χ0v) is 11.3. The van der Waals surface area contributed by atoms with E-state index in [-0.39, 0.29) is 18.5 Å². The highest BCUT2D eigenvalue weighted by Crippen LogP contribution is 2.21. The van der Waals surface area contributed by atoms with E-state index in [1.807, 2.05) is 0 Å².